The predicted molar refractivity (Wildman–Crippen MR) is 68.7 cm³/mol. The second-order valence-electron chi connectivity index (χ2n) is 5.16. The van der Waals surface area contributed by atoms with Crippen LogP contribution in [0.25, 0.3) is 0 Å². The minimum atomic E-state index is -0.263. The number of allylic oxidation sites excluding steroid dienone is 4. The summed E-state index contributed by atoms with van der Waals surface area (Å²) in [7, 11) is 0. The molecule has 0 aromatic heterocycles. The van der Waals surface area contributed by atoms with Crippen molar-refractivity contribution in [3.8, 4) is 0 Å². The van der Waals surface area contributed by atoms with Gasteiger partial charge in [0.15, 0.2) is 5.78 Å². The van der Waals surface area contributed by atoms with Gasteiger partial charge in [0.1, 0.15) is 0 Å². The van der Waals surface area contributed by atoms with Crippen LogP contribution in [0.4, 0.5) is 0 Å². The Kier molecular flexibility index (Phi) is 1.96. The van der Waals surface area contributed by atoms with E-state index < -0.39 is 0 Å². The Bertz CT molecular complexity index is 555. The Hall–Kier alpha value is -1.65. The van der Waals surface area contributed by atoms with Crippen LogP contribution < -0.4 is 16.0 Å². The molecule has 0 amide bonds. The summed E-state index contributed by atoms with van der Waals surface area (Å²) < 4.78 is 0. The molecule has 0 aromatic carbocycles. The van der Waals surface area contributed by atoms with Gasteiger partial charge in [-0.2, -0.15) is 0 Å². The van der Waals surface area contributed by atoms with E-state index in [1.54, 1.807) is 0 Å². The van der Waals surface area contributed by atoms with Crippen LogP contribution in [-0.4, -0.2) is 30.5 Å². The highest BCUT2D eigenvalue weighted by Crippen LogP contribution is 2.43. The van der Waals surface area contributed by atoms with Crippen molar-refractivity contribution < 1.29 is 4.79 Å². The monoisotopic (exact) mass is 241 g/mol. The molecule has 2 heterocycles. The molecule has 4 rings (SSSR count). The van der Waals surface area contributed by atoms with Gasteiger partial charge in [-0.1, -0.05) is 18.2 Å². The lowest BCUT2D eigenvalue weighted by Crippen LogP contribution is -2.65. The molecular formula is C14H15N3O. The van der Waals surface area contributed by atoms with Gasteiger partial charge in [-0.15, -0.1) is 0 Å². The van der Waals surface area contributed by atoms with E-state index in [0.717, 1.165) is 29.9 Å². The molecule has 2 atom stereocenters. The Morgan fingerprint density at radius 1 is 1.33 bits per heavy atom. The third-order valence-corrected chi connectivity index (χ3v) is 4.23. The fourth-order valence-electron chi connectivity index (χ4n) is 3.50. The number of hydrogen-bond acceptors (Lipinski definition) is 4. The van der Waals surface area contributed by atoms with Crippen LogP contribution in [0, 0.1) is 0 Å². The number of hydrogen-bond donors (Lipinski definition) is 3. The number of carbonyl (C=O) groups is 1. The normalized spacial score (nSPS) is 36.8. The molecule has 0 aromatic rings. The largest absolute Gasteiger partial charge is 0.358 e. The lowest BCUT2D eigenvalue weighted by molar-refractivity contribution is -0.116. The van der Waals surface area contributed by atoms with Gasteiger partial charge in [-0.3, -0.25) is 4.79 Å². The van der Waals surface area contributed by atoms with E-state index in [1.165, 1.54) is 0 Å². The zero-order chi connectivity index (χ0) is 12.2. The summed E-state index contributed by atoms with van der Waals surface area (Å²) in [5, 5.41) is 10.2. The van der Waals surface area contributed by atoms with Gasteiger partial charge >= 0.3 is 0 Å². The van der Waals surface area contributed by atoms with Gasteiger partial charge in [-0.05, 0) is 11.6 Å². The first-order valence-electron chi connectivity index (χ1n) is 6.40. The van der Waals surface area contributed by atoms with Gasteiger partial charge < -0.3 is 16.0 Å². The van der Waals surface area contributed by atoms with Crippen LogP contribution in [0.2, 0.25) is 0 Å². The highest BCUT2D eigenvalue weighted by atomic mass is 16.1. The molecular weight excluding hydrogens is 226 g/mol. The van der Waals surface area contributed by atoms with Crippen molar-refractivity contribution in [1.29, 1.82) is 0 Å². The fourth-order valence-corrected chi connectivity index (χ4v) is 3.50. The second-order valence-corrected chi connectivity index (χ2v) is 5.16. The standard InChI is InChI=1S/C14H15N3O/c18-10-8-14-11(15-6-7-17-14)3-1-2-9-4-5-16-13(10)12(9)14/h1-5,11,15-17H,6-8H2. The van der Waals surface area contributed by atoms with Crippen molar-refractivity contribution in [1.82, 2.24) is 16.0 Å². The second kappa shape index (κ2) is 3.43. The van der Waals surface area contributed by atoms with Crippen LogP contribution in [0.1, 0.15) is 6.42 Å². The molecule has 18 heavy (non-hydrogen) atoms. The number of nitrogens with one attached hydrogen (secondary N) is 3. The summed E-state index contributed by atoms with van der Waals surface area (Å²) in [6, 6.07) is 0.185. The molecule has 3 N–H and O–H groups in total. The number of Topliss-reactive ketones (excluding diaryl/α,β-unsaturated/α-hetero) is 1. The lowest BCUT2D eigenvalue weighted by Gasteiger charge is -2.43. The van der Waals surface area contributed by atoms with E-state index in [2.05, 4.69) is 34.2 Å². The molecule has 0 bridgehead atoms. The van der Waals surface area contributed by atoms with Crippen molar-refractivity contribution in [2.75, 3.05) is 13.1 Å². The van der Waals surface area contributed by atoms with Gasteiger partial charge in [0.05, 0.1) is 11.2 Å². The molecule has 1 fully saturated rings. The number of dihydropyridines is 1. The molecule has 2 aliphatic heterocycles. The molecule has 0 radical (unpaired) electrons. The van der Waals surface area contributed by atoms with E-state index >= 15 is 0 Å². The third-order valence-electron chi connectivity index (χ3n) is 4.23. The van der Waals surface area contributed by atoms with Gasteiger partial charge in [0.2, 0.25) is 0 Å². The molecule has 2 aliphatic carbocycles. The summed E-state index contributed by atoms with van der Waals surface area (Å²) in [6.45, 7) is 1.83. The molecule has 4 nitrogen and oxygen atoms in total. The van der Waals surface area contributed by atoms with Crippen LogP contribution in [0.5, 0.6) is 0 Å². The molecule has 1 saturated heterocycles. The first-order valence-corrected chi connectivity index (χ1v) is 6.40. The van der Waals surface area contributed by atoms with Crippen LogP contribution in [0.3, 0.4) is 0 Å². The maximum absolute atomic E-state index is 12.2. The van der Waals surface area contributed by atoms with Crippen LogP contribution >= 0.6 is 0 Å². The quantitative estimate of drug-likeness (QED) is 0.564. The number of rotatable bonds is 0. The molecule has 92 valence electrons. The molecule has 4 aliphatic rings. The zero-order valence-corrected chi connectivity index (χ0v) is 9.99. The highest BCUT2D eigenvalue weighted by molar-refractivity contribution is 6.02. The van der Waals surface area contributed by atoms with Gasteiger partial charge in [0, 0.05) is 37.3 Å². The van der Waals surface area contributed by atoms with Gasteiger partial charge in [-0.25, -0.2) is 0 Å². The van der Waals surface area contributed by atoms with E-state index in [4.69, 9.17) is 0 Å². The van der Waals surface area contributed by atoms with Crippen LogP contribution in [-0.2, 0) is 4.79 Å². The zero-order valence-electron chi connectivity index (χ0n) is 9.99. The van der Waals surface area contributed by atoms with Crippen molar-refractivity contribution in [3.63, 3.8) is 0 Å². The Labute approximate surface area is 106 Å². The Balaban J connectivity index is 1.95. The number of ketones is 1. The predicted octanol–water partition coefficient (Wildman–Crippen LogP) is 0.127. The van der Waals surface area contributed by atoms with Crippen molar-refractivity contribution >= 4 is 5.78 Å². The summed E-state index contributed by atoms with van der Waals surface area (Å²) in [6.07, 6.45) is 10.8. The van der Waals surface area contributed by atoms with Gasteiger partial charge in [0.25, 0.3) is 0 Å². The maximum Gasteiger partial charge on any atom is 0.181 e. The molecule has 2 unspecified atom stereocenters. The first-order chi connectivity index (χ1) is 8.81. The van der Waals surface area contributed by atoms with E-state index in [1.807, 2.05) is 12.3 Å². The average Bonchev–Trinajstić information content (AvgIpc) is 2.57. The molecule has 0 saturated carbocycles. The minimum absolute atomic E-state index is 0.185. The van der Waals surface area contributed by atoms with E-state index in [9.17, 15) is 4.79 Å². The summed E-state index contributed by atoms with van der Waals surface area (Å²) in [4.78, 5) is 12.2. The smallest absolute Gasteiger partial charge is 0.181 e. The number of carbonyl (C=O) groups excluding carboxylic acids is 1. The van der Waals surface area contributed by atoms with E-state index in [0.29, 0.717) is 6.42 Å². The summed E-state index contributed by atoms with van der Waals surface area (Å²) in [5.41, 5.74) is 2.79. The number of piperazine rings is 1. The van der Waals surface area contributed by atoms with Crippen LogP contribution in [0.15, 0.2) is 47.3 Å². The van der Waals surface area contributed by atoms with Crippen molar-refractivity contribution in [2.24, 2.45) is 0 Å². The Morgan fingerprint density at radius 3 is 3.22 bits per heavy atom. The third kappa shape index (κ3) is 1.14. The van der Waals surface area contributed by atoms with E-state index in [-0.39, 0.29) is 17.4 Å². The maximum atomic E-state index is 12.2. The molecule has 4 heteroatoms. The topological polar surface area (TPSA) is 53.2 Å². The first kappa shape index (κ1) is 10.3. The summed E-state index contributed by atoms with van der Waals surface area (Å²) in [5.74, 6) is 0.205. The highest BCUT2D eigenvalue weighted by Gasteiger charge is 2.52. The SMILES string of the molecule is O=C1CC23NCCNC2C=CC=C2C=CNC1=C23. The Morgan fingerprint density at radius 2 is 2.28 bits per heavy atom. The minimum Gasteiger partial charge on any atom is -0.358 e. The van der Waals surface area contributed by atoms with Crippen molar-refractivity contribution in [3.05, 3.63) is 47.3 Å². The average molecular weight is 241 g/mol. The summed E-state index contributed by atoms with van der Waals surface area (Å²) >= 11 is 0. The fraction of sp³-hybridized carbons (Fsp3) is 0.357. The lowest BCUT2D eigenvalue weighted by atomic mass is 9.79. The molecule has 1 spiro atoms. The van der Waals surface area contributed by atoms with Crippen molar-refractivity contribution in [2.45, 2.75) is 18.0 Å².